The number of aryl methyl sites for hydroxylation is 1. The number of halogens is 2. The van der Waals surface area contributed by atoms with Crippen LogP contribution in [-0.4, -0.2) is 13.0 Å². The van der Waals surface area contributed by atoms with Crippen molar-refractivity contribution in [3.8, 4) is 5.75 Å². The molecule has 0 aromatic heterocycles. The van der Waals surface area contributed by atoms with Crippen LogP contribution in [0.15, 0.2) is 40.9 Å². The monoisotopic (exact) mass is 424 g/mol. The highest BCUT2D eigenvalue weighted by Gasteiger charge is 2.22. The maximum atomic E-state index is 12.5. The normalized spacial score (nSPS) is 15.7. The molecule has 4 nitrogen and oxygen atoms in total. The van der Waals surface area contributed by atoms with Crippen molar-refractivity contribution >= 4 is 39.9 Å². The lowest BCUT2D eigenvalue weighted by atomic mass is 9.87. The molecule has 1 aliphatic carbocycles. The van der Waals surface area contributed by atoms with Crippen LogP contribution in [0.4, 0.5) is 5.69 Å². The predicted octanol–water partition coefficient (Wildman–Crippen LogP) is 4.20. The molecule has 2 aromatic rings. The molecule has 0 saturated heterocycles. The Kier molecular flexibility index (Phi) is 6.73. The van der Waals surface area contributed by atoms with Gasteiger partial charge in [-0.25, -0.2) is 0 Å². The number of rotatable bonds is 4. The molecule has 1 aliphatic rings. The van der Waals surface area contributed by atoms with Crippen LogP contribution in [0.25, 0.3) is 0 Å². The number of fused-ring (bicyclic) bond motifs is 1. The van der Waals surface area contributed by atoms with Crippen LogP contribution < -0.4 is 15.8 Å². The number of anilines is 1. The van der Waals surface area contributed by atoms with Gasteiger partial charge in [-0.2, -0.15) is 0 Å². The minimum atomic E-state index is 0. The van der Waals surface area contributed by atoms with Crippen LogP contribution in [0.1, 0.15) is 35.6 Å². The second-order valence-corrected chi connectivity index (χ2v) is 7.02. The number of carbonyl (C=O) groups is 1. The summed E-state index contributed by atoms with van der Waals surface area (Å²) in [7, 11) is 1.62. The van der Waals surface area contributed by atoms with Crippen molar-refractivity contribution in [3.63, 3.8) is 0 Å². The fraction of sp³-hybridized carbons (Fsp3) is 0.316. The first-order valence-corrected chi connectivity index (χ1v) is 8.86. The zero-order chi connectivity index (χ0) is 17.1. The van der Waals surface area contributed by atoms with Crippen LogP contribution in [-0.2, 0) is 17.6 Å². The third-order valence-corrected chi connectivity index (χ3v) is 4.90. The van der Waals surface area contributed by atoms with E-state index >= 15 is 0 Å². The molecule has 2 aromatic carbocycles. The molecule has 1 atom stereocenters. The average molecular weight is 426 g/mol. The van der Waals surface area contributed by atoms with E-state index in [2.05, 4.69) is 21.2 Å². The molecule has 6 heteroatoms. The average Bonchev–Trinajstić information content (AvgIpc) is 2.55. The van der Waals surface area contributed by atoms with Gasteiger partial charge in [-0.3, -0.25) is 4.79 Å². The molecule has 0 heterocycles. The van der Waals surface area contributed by atoms with Crippen molar-refractivity contribution in [1.82, 2.24) is 5.32 Å². The minimum absolute atomic E-state index is 0. The molecular weight excluding hydrogens is 404 g/mol. The van der Waals surface area contributed by atoms with Gasteiger partial charge in [0.1, 0.15) is 5.75 Å². The number of nitrogens with one attached hydrogen (secondary N) is 1. The van der Waals surface area contributed by atoms with Gasteiger partial charge in [0, 0.05) is 15.7 Å². The Bertz CT molecular complexity index is 767. The largest absolute Gasteiger partial charge is 0.496 e. The SMILES string of the molecule is COc1ccc(Br)cc1CC(=O)NC1CCCc2cc(N)ccc21.Cl. The molecule has 25 heavy (non-hydrogen) atoms. The molecule has 134 valence electrons. The lowest BCUT2D eigenvalue weighted by molar-refractivity contribution is -0.121. The number of benzene rings is 2. The summed E-state index contributed by atoms with van der Waals surface area (Å²) in [5.74, 6) is 0.728. The van der Waals surface area contributed by atoms with E-state index < -0.39 is 0 Å². The molecule has 0 radical (unpaired) electrons. The molecule has 0 bridgehead atoms. The third-order valence-electron chi connectivity index (χ3n) is 4.41. The Hall–Kier alpha value is -1.72. The van der Waals surface area contributed by atoms with Gasteiger partial charge in [0.25, 0.3) is 0 Å². The fourth-order valence-corrected chi connectivity index (χ4v) is 3.70. The molecule has 0 spiro atoms. The highest BCUT2D eigenvalue weighted by Crippen LogP contribution is 2.31. The van der Waals surface area contributed by atoms with E-state index in [4.69, 9.17) is 10.5 Å². The van der Waals surface area contributed by atoms with Crippen LogP contribution >= 0.6 is 28.3 Å². The van der Waals surface area contributed by atoms with Gasteiger partial charge in [-0.05, 0) is 60.7 Å². The standard InChI is InChI=1S/C19H21BrN2O2.ClH/c1-24-18-8-5-14(20)9-13(18)11-19(23)22-17-4-2-3-12-10-15(21)6-7-16(12)17;/h5-10,17H,2-4,11,21H2,1H3,(H,22,23);1H. The Morgan fingerprint density at radius 2 is 2.12 bits per heavy atom. The second kappa shape index (κ2) is 8.59. The minimum Gasteiger partial charge on any atom is -0.496 e. The Labute approximate surface area is 162 Å². The molecule has 1 unspecified atom stereocenters. The van der Waals surface area contributed by atoms with E-state index in [0.29, 0.717) is 6.42 Å². The number of ether oxygens (including phenoxy) is 1. The Morgan fingerprint density at radius 3 is 2.88 bits per heavy atom. The van der Waals surface area contributed by atoms with E-state index in [-0.39, 0.29) is 24.4 Å². The van der Waals surface area contributed by atoms with E-state index in [9.17, 15) is 4.79 Å². The number of hydrogen-bond donors (Lipinski definition) is 2. The first-order chi connectivity index (χ1) is 11.6. The maximum absolute atomic E-state index is 12.5. The number of hydrogen-bond acceptors (Lipinski definition) is 3. The number of amides is 1. The zero-order valence-electron chi connectivity index (χ0n) is 14.0. The molecule has 1 amide bonds. The van der Waals surface area contributed by atoms with E-state index in [1.165, 1.54) is 11.1 Å². The van der Waals surface area contributed by atoms with Crippen molar-refractivity contribution in [2.45, 2.75) is 31.7 Å². The number of nitrogens with two attached hydrogens (primary N) is 1. The lowest BCUT2D eigenvalue weighted by Crippen LogP contribution is -2.32. The van der Waals surface area contributed by atoms with Crippen molar-refractivity contribution in [2.24, 2.45) is 0 Å². The van der Waals surface area contributed by atoms with Crippen LogP contribution in [0, 0.1) is 0 Å². The van der Waals surface area contributed by atoms with Crippen molar-refractivity contribution in [2.75, 3.05) is 12.8 Å². The molecule has 0 aliphatic heterocycles. The van der Waals surface area contributed by atoms with Gasteiger partial charge in [-0.15, -0.1) is 12.4 Å². The third kappa shape index (κ3) is 4.67. The molecule has 3 N–H and O–H groups in total. The molecule has 3 rings (SSSR count). The van der Waals surface area contributed by atoms with Gasteiger partial charge in [0.2, 0.25) is 5.91 Å². The molecule has 0 saturated carbocycles. The smallest absolute Gasteiger partial charge is 0.225 e. The number of carbonyl (C=O) groups excluding carboxylic acids is 1. The van der Waals surface area contributed by atoms with Crippen molar-refractivity contribution in [3.05, 3.63) is 57.6 Å². The van der Waals surface area contributed by atoms with Gasteiger partial charge < -0.3 is 15.8 Å². The first-order valence-electron chi connectivity index (χ1n) is 8.07. The number of nitrogen functional groups attached to an aromatic ring is 1. The quantitative estimate of drug-likeness (QED) is 0.722. The highest BCUT2D eigenvalue weighted by molar-refractivity contribution is 9.10. The highest BCUT2D eigenvalue weighted by atomic mass is 79.9. The summed E-state index contributed by atoms with van der Waals surface area (Å²) in [6.45, 7) is 0. The van der Waals surface area contributed by atoms with Crippen molar-refractivity contribution < 1.29 is 9.53 Å². The van der Waals surface area contributed by atoms with E-state index in [1.807, 2.05) is 36.4 Å². The first kappa shape index (κ1) is 19.6. The van der Waals surface area contributed by atoms with Crippen LogP contribution in [0.5, 0.6) is 5.75 Å². The van der Waals surface area contributed by atoms with E-state index in [0.717, 1.165) is 40.7 Å². The van der Waals surface area contributed by atoms with Crippen LogP contribution in [0.2, 0.25) is 0 Å². The fourth-order valence-electron chi connectivity index (χ4n) is 3.29. The lowest BCUT2D eigenvalue weighted by Gasteiger charge is -2.27. The maximum Gasteiger partial charge on any atom is 0.225 e. The number of methoxy groups -OCH3 is 1. The Balaban J connectivity index is 0.00000225. The van der Waals surface area contributed by atoms with Gasteiger partial charge >= 0.3 is 0 Å². The van der Waals surface area contributed by atoms with Gasteiger partial charge in [0.05, 0.1) is 19.6 Å². The molecule has 0 fully saturated rings. The summed E-state index contributed by atoms with van der Waals surface area (Å²) in [5, 5.41) is 3.16. The summed E-state index contributed by atoms with van der Waals surface area (Å²) >= 11 is 3.44. The van der Waals surface area contributed by atoms with E-state index in [1.54, 1.807) is 7.11 Å². The Morgan fingerprint density at radius 1 is 1.32 bits per heavy atom. The topological polar surface area (TPSA) is 64.3 Å². The molecular formula is C19H22BrClN2O2. The summed E-state index contributed by atoms with van der Waals surface area (Å²) in [6, 6.07) is 11.7. The second-order valence-electron chi connectivity index (χ2n) is 6.10. The predicted molar refractivity (Wildman–Crippen MR) is 106 cm³/mol. The summed E-state index contributed by atoms with van der Waals surface area (Å²) in [5.41, 5.74) is 9.95. The van der Waals surface area contributed by atoms with Crippen molar-refractivity contribution in [1.29, 1.82) is 0 Å². The van der Waals surface area contributed by atoms with Crippen LogP contribution in [0.3, 0.4) is 0 Å². The summed E-state index contributed by atoms with van der Waals surface area (Å²) < 4.78 is 6.28. The summed E-state index contributed by atoms with van der Waals surface area (Å²) in [4.78, 5) is 12.5. The van der Waals surface area contributed by atoms with Gasteiger partial charge in [-0.1, -0.05) is 22.0 Å². The zero-order valence-corrected chi connectivity index (χ0v) is 16.5. The summed E-state index contributed by atoms with van der Waals surface area (Å²) in [6.07, 6.45) is 3.33. The van der Waals surface area contributed by atoms with Gasteiger partial charge in [0.15, 0.2) is 0 Å².